The van der Waals surface area contributed by atoms with Crippen LogP contribution in [0.25, 0.3) is 16.9 Å². The Morgan fingerprint density at radius 3 is 2.64 bits per heavy atom. The fraction of sp³-hybridized carbons (Fsp3) is 0.294. The third-order valence-corrected chi connectivity index (χ3v) is 3.56. The van der Waals surface area contributed by atoms with Crippen LogP contribution in [0.1, 0.15) is 25.5 Å². The first-order chi connectivity index (χ1) is 10.7. The highest BCUT2D eigenvalue weighted by Crippen LogP contribution is 2.24. The highest BCUT2D eigenvalue weighted by molar-refractivity contribution is 5.66. The zero-order valence-corrected chi connectivity index (χ0v) is 13.0. The van der Waals surface area contributed by atoms with Crippen LogP contribution in [0.4, 0.5) is 5.82 Å². The van der Waals surface area contributed by atoms with E-state index in [1.807, 2.05) is 34.8 Å². The molecule has 0 radical (unpaired) electrons. The molecule has 0 saturated carbocycles. The molecular formula is C17H21N5. The average molecular weight is 295 g/mol. The molecular weight excluding hydrogens is 274 g/mol. The molecule has 0 aliphatic heterocycles. The normalized spacial score (nSPS) is 11.3. The van der Waals surface area contributed by atoms with Gasteiger partial charge >= 0.3 is 0 Å². The van der Waals surface area contributed by atoms with Gasteiger partial charge in [0.25, 0.3) is 0 Å². The molecule has 3 rings (SSSR count). The second-order valence-electron chi connectivity index (χ2n) is 5.60. The number of fused-ring (bicyclic) bond motifs is 1. The molecule has 2 aromatic heterocycles. The molecule has 1 aromatic carbocycles. The summed E-state index contributed by atoms with van der Waals surface area (Å²) in [5.41, 5.74) is 9.53. The summed E-state index contributed by atoms with van der Waals surface area (Å²) in [5, 5.41) is 7.99. The smallest absolute Gasteiger partial charge is 0.158 e. The molecule has 0 atom stereocenters. The Bertz CT molecular complexity index is 761. The van der Waals surface area contributed by atoms with Gasteiger partial charge in [0.05, 0.1) is 11.4 Å². The van der Waals surface area contributed by atoms with Crippen molar-refractivity contribution in [2.45, 2.75) is 19.8 Å². The molecule has 0 aliphatic rings. The number of anilines is 1. The predicted molar refractivity (Wildman–Crippen MR) is 90.1 cm³/mol. The van der Waals surface area contributed by atoms with E-state index >= 15 is 0 Å². The molecule has 0 saturated heterocycles. The molecule has 5 nitrogen and oxygen atoms in total. The van der Waals surface area contributed by atoms with Gasteiger partial charge in [0.1, 0.15) is 5.82 Å². The van der Waals surface area contributed by atoms with Gasteiger partial charge in [-0.05, 0) is 5.92 Å². The lowest BCUT2D eigenvalue weighted by Crippen LogP contribution is -2.15. The minimum atomic E-state index is 0.365. The number of nitrogens with two attached hydrogens (primary N) is 1. The zero-order chi connectivity index (χ0) is 15.5. The maximum atomic E-state index is 5.62. The van der Waals surface area contributed by atoms with Crippen molar-refractivity contribution in [1.82, 2.24) is 14.6 Å². The average Bonchev–Trinajstić information content (AvgIpc) is 2.98. The van der Waals surface area contributed by atoms with Gasteiger partial charge in [-0.25, -0.2) is 4.98 Å². The summed E-state index contributed by atoms with van der Waals surface area (Å²) >= 11 is 0. The largest absolute Gasteiger partial charge is 0.369 e. The molecule has 0 bridgehead atoms. The van der Waals surface area contributed by atoms with Crippen molar-refractivity contribution < 1.29 is 0 Å². The van der Waals surface area contributed by atoms with E-state index in [1.165, 1.54) is 0 Å². The van der Waals surface area contributed by atoms with Gasteiger partial charge in [0.2, 0.25) is 0 Å². The number of benzene rings is 1. The minimum Gasteiger partial charge on any atom is -0.369 e. The van der Waals surface area contributed by atoms with Gasteiger partial charge in [-0.2, -0.15) is 9.61 Å². The van der Waals surface area contributed by atoms with Gasteiger partial charge in [-0.15, -0.1) is 0 Å². The summed E-state index contributed by atoms with van der Waals surface area (Å²) in [6.45, 7) is 5.53. The van der Waals surface area contributed by atoms with Gasteiger partial charge in [0, 0.05) is 30.8 Å². The van der Waals surface area contributed by atoms with E-state index < -0.39 is 0 Å². The quantitative estimate of drug-likeness (QED) is 0.759. The number of hydrogen-bond donors (Lipinski definition) is 2. The first kappa shape index (κ1) is 14.5. The molecule has 0 fully saturated rings. The Labute approximate surface area is 130 Å². The first-order valence-electron chi connectivity index (χ1n) is 7.59. The topological polar surface area (TPSA) is 68.2 Å². The molecule has 3 N–H and O–H groups in total. The highest BCUT2D eigenvalue weighted by Gasteiger charge is 2.12. The first-order valence-corrected chi connectivity index (χ1v) is 7.59. The lowest BCUT2D eigenvalue weighted by molar-refractivity contribution is 0.786. The van der Waals surface area contributed by atoms with Crippen molar-refractivity contribution in [3.63, 3.8) is 0 Å². The van der Waals surface area contributed by atoms with Gasteiger partial charge in [0.15, 0.2) is 5.65 Å². The third-order valence-electron chi connectivity index (χ3n) is 3.56. The van der Waals surface area contributed by atoms with Gasteiger partial charge in [-0.3, -0.25) is 0 Å². The van der Waals surface area contributed by atoms with Crippen LogP contribution in [0.15, 0.2) is 42.5 Å². The van der Waals surface area contributed by atoms with E-state index in [0.29, 0.717) is 19.0 Å². The summed E-state index contributed by atoms with van der Waals surface area (Å²) in [4.78, 5) is 4.75. The zero-order valence-electron chi connectivity index (χ0n) is 13.0. The fourth-order valence-corrected chi connectivity index (χ4v) is 2.36. The Kier molecular flexibility index (Phi) is 4.06. The Morgan fingerprint density at radius 2 is 1.95 bits per heavy atom. The number of nitrogens with zero attached hydrogens (tertiary/aromatic N) is 3. The number of hydrogen-bond acceptors (Lipinski definition) is 4. The van der Waals surface area contributed by atoms with E-state index in [9.17, 15) is 0 Å². The van der Waals surface area contributed by atoms with Crippen LogP contribution >= 0.6 is 0 Å². The van der Waals surface area contributed by atoms with Crippen LogP contribution < -0.4 is 11.1 Å². The third kappa shape index (κ3) is 2.80. The van der Waals surface area contributed by atoms with Crippen LogP contribution in [-0.4, -0.2) is 27.7 Å². The van der Waals surface area contributed by atoms with E-state index in [2.05, 4.69) is 36.4 Å². The summed E-state index contributed by atoms with van der Waals surface area (Å²) in [5.74, 6) is 1.28. The van der Waals surface area contributed by atoms with Crippen molar-refractivity contribution >= 4 is 11.5 Å². The summed E-state index contributed by atoms with van der Waals surface area (Å²) < 4.78 is 1.86. The van der Waals surface area contributed by atoms with E-state index in [1.54, 1.807) is 0 Å². The number of rotatable bonds is 5. The SMILES string of the molecule is CC(C)c1cc2nc(-c3ccccc3)cc(NCCN)n2n1. The van der Waals surface area contributed by atoms with Crippen molar-refractivity contribution in [3.8, 4) is 11.3 Å². The maximum Gasteiger partial charge on any atom is 0.158 e. The fourth-order valence-electron chi connectivity index (χ4n) is 2.36. The number of nitrogens with one attached hydrogen (secondary N) is 1. The van der Waals surface area contributed by atoms with Crippen molar-refractivity contribution in [3.05, 3.63) is 48.2 Å². The molecule has 22 heavy (non-hydrogen) atoms. The molecule has 0 amide bonds. The minimum absolute atomic E-state index is 0.365. The second kappa shape index (κ2) is 6.15. The van der Waals surface area contributed by atoms with Crippen molar-refractivity contribution in [2.24, 2.45) is 5.73 Å². The van der Waals surface area contributed by atoms with E-state index in [4.69, 9.17) is 10.7 Å². The second-order valence-corrected chi connectivity index (χ2v) is 5.60. The number of aromatic nitrogens is 3. The summed E-state index contributed by atoms with van der Waals surface area (Å²) in [7, 11) is 0. The monoisotopic (exact) mass is 295 g/mol. The molecule has 0 spiro atoms. The summed E-state index contributed by atoms with van der Waals surface area (Å²) in [6, 6.07) is 14.2. The lowest BCUT2D eigenvalue weighted by Gasteiger charge is -2.09. The van der Waals surface area contributed by atoms with Crippen LogP contribution in [-0.2, 0) is 0 Å². The Morgan fingerprint density at radius 1 is 1.18 bits per heavy atom. The summed E-state index contributed by atoms with van der Waals surface area (Å²) in [6.07, 6.45) is 0. The molecule has 0 unspecified atom stereocenters. The van der Waals surface area contributed by atoms with Crippen LogP contribution in [0, 0.1) is 0 Å². The Hall–Kier alpha value is -2.40. The van der Waals surface area contributed by atoms with Crippen LogP contribution in [0.3, 0.4) is 0 Å². The molecule has 5 heteroatoms. The molecule has 0 aliphatic carbocycles. The molecule has 114 valence electrons. The van der Waals surface area contributed by atoms with Gasteiger partial charge in [-0.1, -0.05) is 44.2 Å². The molecule has 3 aromatic rings. The van der Waals surface area contributed by atoms with Crippen LogP contribution in [0.2, 0.25) is 0 Å². The van der Waals surface area contributed by atoms with Crippen molar-refractivity contribution in [1.29, 1.82) is 0 Å². The van der Waals surface area contributed by atoms with Crippen LogP contribution in [0.5, 0.6) is 0 Å². The van der Waals surface area contributed by atoms with Crippen molar-refractivity contribution in [2.75, 3.05) is 18.4 Å². The standard InChI is InChI=1S/C17H21N5/c1-12(2)14-10-17-20-15(13-6-4-3-5-7-13)11-16(19-9-8-18)22(17)21-14/h3-7,10-12,19H,8-9,18H2,1-2H3. The van der Waals surface area contributed by atoms with Gasteiger partial charge < -0.3 is 11.1 Å². The maximum absolute atomic E-state index is 5.62. The predicted octanol–water partition coefficient (Wildman–Crippen LogP) is 2.89. The van der Waals surface area contributed by atoms with E-state index in [-0.39, 0.29) is 0 Å². The Balaban J connectivity index is 2.14. The highest BCUT2D eigenvalue weighted by atomic mass is 15.3. The molecule has 2 heterocycles. The van der Waals surface area contributed by atoms with E-state index in [0.717, 1.165) is 28.4 Å². The lowest BCUT2D eigenvalue weighted by atomic mass is 10.1.